The molecular weight excluding hydrogens is 247 g/mol. The maximum absolute atomic E-state index is 13.0. The van der Waals surface area contributed by atoms with Gasteiger partial charge in [-0.15, -0.1) is 0 Å². The van der Waals surface area contributed by atoms with Crippen molar-refractivity contribution in [3.63, 3.8) is 0 Å². The summed E-state index contributed by atoms with van der Waals surface area (Å²) in [6.07, 6.45) is 0. The molecule has 0 fully saturated rings. The van der Waals surface area contributed by atoms with Gasteiger partial charge >= 0.3 is 5.69 Å². The minimum absolute atomic E-state index is 0.0851. The Balaban J connectivity index is 3.50. The maximum Gasteiger partial charge on any atom is 0.318 e. The largest absolute Gasteiger partial charge is 0.618 e. The highest BCUT2D eigenvalue weighted by Crippen LogP contribution is 2.21. The maximum atomic E-state index is 13.0. The summed E-state index contributed by atoms with van der Waals surface area (Å²) in [5, 5.41) is 21.2. The zero-order valence-electron chi connectivity index (χ0n) is 6.45. The highest BCUT2D eigenvalue weighted by molar-refractivity contribution is 9.10. The van der Waals surface area contributed by atoms with E-state index < -0.39 is 16.4 Å². The number of aromatic nitrogens is 1. The van der Waals surface area contributed by atoms with E-state index >= 15 is 0 Å². The van der Waals surface area contributed by atoms with Gasteiger partial charge in [0.05, 0.1) is 11.0 Å². The number of rotatable bonds is 1. The summed E-state index contributed by atoms with van der Waals surface area (Å²) in [5.74, 6) is -1.11. The van der Waals surface area contributed by atoms with Crippen LogP contribution in [0.4, 0.5) is 10.1 Å². The summed E-state index contributed by atoms with van der Waals surface area (Å²) in [5.41, 5.74) is -1.04. The first-order chi connectivity index (χ1) is 5.95. The molecule has 7 heteroatoms. The Labute approximate surface area is 80.7 Å². The lowest BCUT2D eigenvalue weighted by molar-refractivity contribution is -0.626. The van der Waals surface area contributed by atoms with Gasteiger partial charge in [0, 0.05) is 22.9 Å². The average Bonchev–Trinajstić information content (AvgIpc) is 2.07. The van der Waals surface area contributed by atoms with E-state index in [4.69, 9.17) is 0 Å². The summed E-state index contributed by atoms with van der Waals surface area (Å²) < 4.78 is 13.2. The van der Waals surface area contributed by atoms with E-state index in [1.165, 1.54) is 6.92 Å². The zero-order valence-corrected chi connectivity index (χ0v) is 8.04. The van der Waals surface area contributed by atoms with E-state index in [0.29, 0.717) is 0 Å². The number of nitrogens with zero attached hydrogens (tertiary/aromatic N) is 2. The van der Waals surface area contributed by atoms with E-state index in [-0.39, 0.29) is 15.0 Å². The van der Waals surface area contributed by atoms with E-state index in [2.05, 4.69) is 15.9 Å². The lowest BCUT2D eigenvalue weighted by atomic mass is 10.3. The standard InChI is InChI=1S/C6H4BrFN2O3/c1-3-6(8)4(10(12)13)2-5(7)9(3)11/h2H,1H3. The molecule has 0 bridgehead atoms. The lowest BCUT2D eigenvalue weighted by Gasteiger charge is -2.03. The molecule has 1 aromatic heterocycles. The average molecular weight is 251 g/mol. The smallest absolute Gasteiger partial charge is 0.318 e. The molecule has 0 N–H and O–H groups in total. The molecule has 0 atom stereocenters. The van der Waals surface area contributed by atoms with Gasteiger partial charge in [0.15, 0.2) is 0 Å². The first-order valence-corrected chi connectivity index (χ1v) is 3.97. The first-order valence-electron chi connectivity index (χ1n) is 3.17. The van der Waals surface area contributed by atoms with Crippen LogP contribution in [0.1, 0.15) is 5.69 Å². The Hall–Kier alpha value is -1.24. The molecule has 1 aromatic rings. The summed E-state index contributed by atoms with van der Waals surface area (Å²) in [7, 11) is 0. The molecule has 13 heavy (non-hydrogen) atoms. The third-order valence-corrected chi connectivity index (χ3v) is 2.04. The Kier molecular flexibility index (Phi) is 2.46. The molecule has 0 unspecified atom stereocenters. The first kappa shape index (κ1) is 9.85. The van der Waals surface area contributed by atoms with Crippen LogP contribution < -0.4 is 4.73 Å². The van der Waals surface area contributed by atoms with Gasteiger partial charge in [-0.1, -0.05) is 0 Å². The molecule has 1 heterocycles. The van der Waals surface area contributed by atoms with Crippen LogP contribution in [0.3, 0.4) is 0 Å². The number of nitro groups is 1. The summed E-state index contributed by atoms with van der Waals surface area (Å²) in [6, 6.07) is 0.829. The minimum Gasteiger partial charge on any atom is -0.618 e. The molecule has 0 amide bonds. The van der Waals surface area contributed by atoms with Crippen molar-refractivity contribution in [1.29, 1.82) is 0 Å². The third kappa shape index (κ3) is 1.59. The normalized spacial score (nSPS) is 10.1. The van der Waals surface area contributed by atoms with E-state index in [0.717, 1.165) is 6.07 Å². The fourth-order valence-electron chi connectivity index (χ4n) is 0.802. The Morgan fingerprint density at radius 1 is 1.69 bits per heavy atom. The van der Waals surface area contributed by atoms with Gasteiger partial charge in [0.2, 0.25) is 5.69 Å². The summed E-state index contributed by atoms with van der Waals surface area (Å²) >= 11 is 2.78. The van der Waals surface area contributed by atoms with Crippen molar-refractivity contribution in [3.8, 4) is 0 Å². The van der Waals surface area contributed by atoms with Gasteiger partial charge < -0.3 is 5.21 Å². The molecule has 0 aliphatic rings. The molecule has 0 aliphatic heterocycles. The van der Waals surface area contributed by atoms with Crippen molar-refractivity contribution in [2.75, 3.05) is 0 Å². The Morgan fingerprint density at radius 2 is 2.23 bits per heavy atom. The summed E-state index contributed by atoms with van der Waals surface area (Å²) in [4.78, 5) is 9.39. The number of halogens is 2. The van der Waals surface area contributed by atoms with Crippen LogP contribution in [0.5, 0.6) is 0 Å². The third-order valence-electron chi connectivity index (χ3n) is 1.49. The molecule has 0 saturated heterocycles. The van der Waals surface area contributed by atoms with Gasteiger partial charge in [-0.3, -0.25) is 10.1 Å². The Morgan fingerprint density at radius 3 is 2.69 bits per heavy atom. The molecule has 0 radical (unpaired) electrons. The van der Waals surface area contributed by atoms with Crippen molar-refractivity contribution in [1.82, 2.24) is 0 Å². The molecule has 1 rings (SSSR count). The van der Waals surface area contributed by atoms with Gasteiger partial charge in [-0.05, 0) is 0 Å². The van der Waals surface area contributed by atoms with Crippen LogP contribution in [-0.2, 0) is 0 Å². The predicted molar refractivity (Wildman–Crippen MR) is 44.5 cm³/mol. The van der Waals surface area contributed by atoms with Gasteiger partial charge in [-0.2, -0.15) is 9.12 Å². The van der Waals surface area contributed by atoms with Crippen molar-refractivity contribution in [2.45, 2.75) is 6.92 Å². The van der Waals surface area contributed by atoms with Gasteiger partial charge in [0.25, 0.3) is 10.4 Å². The molecule has 0 spiro atoms. The van der Waals surface area contributed by atoms with Crippen molar-refractivity contribution in [3.05, 3.63) is 37.5 Å². The lowest BCUT2D eigenvalue weighted by Crippen LogP contribution is -2.33. The predicted octanol–water partition coefficient (Wildman–Crippen LogP) is 1.44. The molecule has 0 saturated carbocycles. The van der Waals surface area contributed by atoms with Crippen LogP contribution in [0.25, 0.3) is 0 Å². The van der Waals surface area contributed by atoms with E-state index in [1.807, 2.05) is 0 Å². The second-order valence-corrected chi connectivity index (χ2v) is 3.12. The fraction of sp³-hybridized carbons (Fsp3) is 0.167. The molecule has 70 valence electrons. The fourth-order valence-corrected chi connectivity index (χ4v) is 1.29. The molecule has 5 nitrogen and oxygen atoms in total. The Bertz CT molecular complexity index is 383. The van der Waals surface area contributed by atoms with Crippen molar-refractivity contribution >= 4 is 21.6 Å². The van der Waals surface area contributed by atoms with Crippen LogP contribution in [0.2, 0.25) is 0 Å². The molecule has 0 aliphatic carbocycles. The zero-order chi connectivity index (χ0) is 10.2. The van der Waals surface area contributed by atoms with Gasteiger partial charge in [-0.25, -0.2) is 0 Å². The second-order valence-electron chi connectivity index (χ2n) is 2.30. The van der Waals surface area contributed by atoms with Crippen LogP contribution in [-0.4, -0.2) is 4.92 Å². The molecule has 0 aromatic carbocycles. The topological polar surface area (TPSA) is 70.1 Å². The van der Waals surface area contributed by atoms with Crippen LogP contribution in [0.15, 0.2) is 10.7 Å². The molecular formula is C6H4BrFN2O3. The number of pyridine rings is 1. The summed E-state index contributed by atoms with van der Waals surface area (Å²) in [6.45, 7) is 1.17. The van der Waals surface area contributed by atoms with Crippen molar-refractivity contribution < 1.29 is 14.0 Å². The van der Waals surface area contributed by atoms with E-state index in [1.54, 1.807) is 0 Å². The SMILES string of the molecule is Cc1c(F)c([N+](=O)[O-])cc(Br)[n+]1[O-]. The van der Waals surface area contributed by atoms with Crippen molar-refractivity contribution in [2.24, 2.45) is 0 Å². The van der Waals surface area contributed by atoms with Crippen LogP contribution in [0, 0.1) is 28.1 Å². The minimum atomic E-state index is -1.11. The van der Waals surface area contributed by atoms with E-state index in [9.17, 15) is 19.7 Å². The highest BCUT2D eigenvalue weighted by atomic mass is 79.9. The number of hydrogen-bond acceptors (Lipinski definition) is 3. The monoisotopic (exact) mass is 250 g/mol. The van der Waals surface area contributed by atoms with Crippen LogP contribution >= 0.6 is 15.9 Å². The highest BCUT2D eigenvalue weighted by Gasteiger charge is 2.25. The quantitative estimate of drug-likeness (QED) is 0.249. The second kappa shape index (κ2) is 3.25. The number of hydrogen-bond donors (Lipinski definition) is 0. The van der Waals surface area contributed by atoms with Gasteiger partial charge in [0.1, 0.15) is 0 Å².